The molecule has 2 rings (SSSR count). The number of nitrogen functional groups attached to an aromatic ring is 1. The van der Waals surface area contributed by atoms with Crippen LogP contribution in [0, 0.1) is 6.92 Å². The Labute approximate surface area is 119 Å². The number of sulfone groups is 1. The van der Waals surface area contributed by atoms with Crippen molar-refractivity contribution in [2.45, 2.75) is 11.8 Å². The third kappa shape index (κ3) is 3.31. The van der Waals surface area contributed by atoms with Crippen LogP contribution >= 0.6 is 11.3 Å². The summed E-state index contributed by atoms with van der Waals surface area (Å²) in [4.78, 5) is 12.0. The van der Waals surface area contributed by atoms with E-state index < -0.39 is 15.7 Å². The average molecular weight is 312 g/mol. The number of rotatable bonds is 3. The SMILES string of the molecule is Cc1nnc(NC(=O)c2cc(N)cc(S(C)(=O)=O)c2)s1. The monoisotopic (exact) mass is 312 g/mol. The van der Waals surface area contributed by atoms with Crippen LogP contribution in [0.3, 0.4) is 0 Å². The molecule has 9 heteroatoms. The average Bonchev–Trinajstić information content (AvgIpc) is 2.72. The third-order valence-corrected chi connectivity index (χ3v) is 4.21. The van der Waals surface area contributed by atoms with Crippen molar-refractivity contribution in [2.24, 2.45) is 0 Å². The van der Waals surface area contributed by atoms with Crippen LogP contribution in [0.4, 0.5) is 10.8 Å². The number of hydrogen-bond acceptors (Lipinski definition) is 7. The number of amides is 1. The van der Waals surface area contributed by atoms with E-state index in [4.69, 9.17) is 5.73 Å². The van der Waals surface area contributed by atoms with Gasteiger partial charge in [0.25, 0.3) is 5.91 Å². The topological polar surface area (TPSA) is 115 Å². The fourth-order valence-corrected chi connectivity index (χ4v) is 2.76. The molecule has 0 fully saturated rings. The van der Waals surface area contributed by atoms with Crippen LogP contribution in [0.2, 0.25) is 0 Å². The normalized spacial score (nSPS) is 11.3. The Bertz CT molecular complexity index is 768. The van der Waals surface area contributed by atoms with Crippen LogP contribution < -0.4 is 11.1 Å². The molecule has 0 aliphatic rings. The van der Waals surface area contributed by atoms with Crippen LogP contribution in [-0.4, -0.2) is 30.8 Å². The number of anilines is 2. The summed E-state index contributed by atoms with van der Waals surface area (Å²) in [6.45, 7) is 1.76. The molecule has 106 valence electrons. The van der Waals surface area contributed by atoms with Gasteiger partial charge in [-0.25, -0.2) is 8.42 Å². The Morgan fingerprint density at radius 2 is 2.00 bits per heavy atom. The number of carbonyl (C=O) groups excluding carboxylic acids is 1. The second-order valence-corrected chi connectivity index (χ2v) is 7.34. The van der Waals surface area contributed by atoms with Crippen molar-refractivity contribution >= 4 is 37.9 Å². The minimum Gasteiger partial charge on any atom is -0.399 e. The van der Waals surface area contributed by atoms with Crippen molar-refractivity contribution in [3.63, 3.8) is 0 Å². The van der Waals surface area contributed by atoms with Gasteiger partial charge in [-0.1, -0.05) is 11.3 Å². The van der Waals surface area contributed by atoms with Gasteiger partial charge < -0.3 is 5.73 Å². The van der Waals surface area contributed by atoms with Gasteiger partial charge in [0.1, 0.15) is 5.01 Å². The molecular weight excluding hydrogens is 300 g/mol. The molecule has 20 heavy (non-hydrogen) atoms. The van der Waals surface area contributed by atoms with E-state index >= 15 is 0 Å². The predicted molar refractivity (Wildman–Crippen MR) is 76.6 cm³/mol. The standard InChI is InChI=1S/C11H12N4O3S2/c1-6-14-15-11(19-6)13-10(16)7-3-8(12)5-9(4-7)20(2,17)18/h3-5H,12H2,1-2H3,(H,13,15,16). The first kappa shape index (κ1) is 14.4. The van der Waals surface area contributed by atoms with Gasteiger partial charge in [-0.15, -0.1) is 10.2 Å². The molecule has 1 amide bonds. The zero-order chi connectivity index (χ0) is 14.9. The number of aromatic nitrogens is 2. The molecule has 0 saturated heterocycles. The smallest absolute Gasteiger partial charge is 0.257 e. The minimum absolute atomic E-state index is 0.00362. The van der Waals surface area contributed by atoms with E-state index in [2.05, 4.69) is 15.5 Å². The van der Waals surface area contributed by atoms with Crippen molar-refractivity contribution < 1.29 is 13.2 Å². The molecule has 0 radical (unpaired) electrons. The molecule has 0 bridgehead atoms. The predicted octanol–water partition coefficient (Wildman–Crippen LogP) is 1.08. The summed E-state index contributed by atoms with van der Waals surface area (Å²) in [5, 5.41) is 11.1. The Kier molecular flexibility index (Phi) is 3.73. The van der Waals surface area contributed by atoms with Gasteiger partial charge in [0.2, 0.25) is 5.13 Å². The van der Waals surface area contributed by atoms with Gasteiger partial charge >= 0.3 is 0 Å². The second-order valence-electron chi connectivity index (χ2n) is 4.14. The van der Waals surface area contributed by atoms with E-state index in [0.717, 1.165) is 6.26 Å². The van der Waals surface area contributed by atoms with E-state index in [1.165, 1.54) is 29.5 Å². The summed E-state index contributed by atoms with van der Waals surface area (Å²) in [6.07, 6.45) is 1.05. The Hall–Kier alpha value is -2.00. The number of hydrogen-bond donors (Lipinski definition) is 2. The van der Waals surface area contributed by atoms with Gasteiger partial charge in [0, 0.05) is 17.5 Å². The lowest BCUT2D eigenvalue weighted by molar-refractivity contribution is 0.102. The molecule has 7 nitrogen and oxygen atoms in total. The van der Waals surface area contributed by atoms with Crippen molar-refractivity contribution in [3.05, 3.63) is 28.8 Å². The summed E-state index contributed by atoms with van der Waals surface area (Å²) >= 11 is 1.22. The summed E-state index contributed by atoms with van der Waals surface area (Å²) in [7, 11) is -3.44. The quantitative estimate of drug-likeness (QED) is 0.820. The van der Waals surface area contributed by atoms with Gasteiger partial charge in [-0.2, -0.15) is 0 Å². The maximum atomic E-state index is 12.0. The maximum absolute atomic E-state index is 12.0. The number of nitrogens with one attached hydrogen (secondary N) is 1. The molecule has 2 aromatic rings. The van der Waals surface area contributed by atoms with Gasteiger partial charge in [0.05, 0.1) is 4.90 Å². The molecule has 0 aliphatic carbocycles. The number of carbonyl (C=O) groups is 1. The van der Waals surface area contributed by atoms with Crippen LogP contribution in [0.5, 0.6) is 0 Å². The van der Waals surface area contributed by atoms with Crippen LogP contribution in [0.25, 0.3) is 0 Å². The minimum atomic E-state index is -3.44. The molecule has 0 unspecified atom stereocenters. The van der Waals surface area contributed by atoms with Gasteiger partial charge in [0.15, 0.2) is 9.84 Å². The Morgan fingerprint density at radius 1 is 1.30 bits per heavy atom. The zero-order valence-corrected chi connectivity index (χ0v) is 12.4. The first-order valence-corrected chi connectivity index (χ1v) is 8.18. The van der Waals surface area contributed by atoms with Crippen LogP contribution in [-0.2, 0) is 9.84 Å². The molecule has 1 heterocycles. The third-order valence-electron chi connectivity index (χ3n) is 2.37. The van der Waals surface area contributed by atoms with Crippen LogP contribution in [0.15, 0.2) is 23.1 Å². The van der Waals surface area contributed by atoms with E-state index in [9.17, 15) is 13.2 Å². The number of nitrogens with zero attached hydrogens (tertiary/aromatic N) is 2. The summed E-state index contributed by atoms with van der Waals surface area (Å²) < 4.78 is 23.0. The fourth-order valence-electron chi connectivity index (χ4n) is 1.48. The number of nitrogens with two attached hydrogens (primary N) is 1. The molecule has 3 N–H and O–H groups in total. The zero-order valence-electron chi connectivity index (χ0n) is 10.7. The van der Waals surface area contributed by atoms with E-state index in [0.29, 0.717) is 10.1 Å². The van der Waals surface area contributed by atoms with Gasteiger partial charge in [-0.05, 0) is 25.1 Å². The Balaban J connectivity index is 2.33. The molecule has 0 saturated carbocycles. The highest BCUT2D eigenvalue weighted by molar-refractivity contribution is 7.90. The summed E-state index contributed by atoms with van der Waals surface area (Å²) in [5.74, 6) is -0.488. The van der Waals surface area contributed by atoms with E-state index in [1.807, 2.05) is 0 Å². The highest BCUT2D eigenvalue weighted by Gasteiger charge is 2.14. The molecule has 0 aliphatic heterocycles. The first-order valence-electron chi connectivity index (χ1n) is 5.48. The molecule has 1 aromatic carbocycles. The summed E-state index contributed by atoms with van der Waals surface area (Å²) in [6, 6.07) is 3.98. The molecular formula is C11H12N4O3S2. The maximum Gasteiger partial charge on any atom is 0.257 e. The van der Waals surface area contributed by atoms with Crippen molar-refractivity contribution in [1.29, 1.82) is 0 Å². The second kappa shape index (κ2) is 5.17. The van der Waals surface area contributed by atoms with Crippen molar-refractivity contribution in [2.75, 3.05) is 17.3 Å². The highest BCUT2D eigenvalue weighted by Crippen LogP contribution is 2.19. The highest BCUT2D eigenvalue weighted by atomic mass is 32.2. The van der Waals surface area contributed by atoms with Gasteiger partial charge in [-0.3, -0.25) is 10.1 Å². The molecule has 0 atom stereocenters. The Morgan fingerprint density at radius 3 is 2.55 bits per heavy atom. The number of benzene rings is 1. The fraction of sp³-hybridized carbons (Fsp3) is 0.182. The largest absolute Gasteiger partial charge is 0.399 e. The number of aryl methyl sites for hydroxylation is 1. The summed E-state index contributed by atoms with van der Waals surface area (Å²) in [5.41, 5.74) is 5.97. The van der Waals surface area contributed by atoms with E-state index in [1.54, 1.807) is 6.92 Å². The molecule has 0 spiro atoms. The van der Waals surface area contributed by atoms with Crippen molar-refractivity contribution in [3.8, 4) is 0 Å². The van der Waals surface area contributed by atoms with Crippen molar-refractivity contribution in [1.82, 2.24) is 10.2 Å². The lowest BCUT2D eigenvalue weighted by Gasteiger charge is -2.05. The lowest BCUT2D eigenvalue weighted by atomic mass is 10.2. The molecule has 1 aromatic heterocycles. The van der Waals surface area contributed by atoms with Crippen LogP contribution in [0.1, 0.15) is 15.4 Å². The lowest BCUT2D eigenvalue weighted by Crippen LogP contribution is -2.13. The van der Waals surface area contributed by atoms with E-state index in [-0.39, 0.29) is 16.1 Å². The first-order chi connectivity index (χ1) is 9.25.